The molecule has 1 nitrogen and oxygen atoms in total. The van der Waals surface area contributed by atoms with E-state index in [1.807, 2.05) is 48.5 Å². The highest BCUT2D eigenvalue weighted by atomic mass is 79.9. The third kappa shape index (κ3) is 3.58. The number of aliphatic hydroxyl groups is 1. The predicted molar refractivity (Wildman–Crippen MR) is 79.1 cm³/mol. The van der Waals surface area contributed by atoms with Crippen LogP contribution in [0.5, 0.6) is 0 Å². The molecule has 1 unspecified atom stereocenters. The van der Waals surface area contributed by atoms with Crippen molar-refractivity contribution in [3.8, 4) is 0 Å². The van der Waals surface area contributed by atoms with Crippen molar-refractivity contribution in [2.75, 3.05) is 6.61 Å². The van der Waals surface area contributed by atoms with Crippen molar-refractivity contribution in [3.63, 3.8) is 0 Å². The minimum absolute atomic E-state index is 0.0981. The van der Waals surface area contributed by atoms with E-state index < -0.39 is 0 Å². The van der Waals surface area contributed by atoms with Crippen LogP contribution in [0.25, 0.3) is 0 Å². The molecule has 0 aliphatic heterocycles. The molecular formula is C15H14BrClO. The molecule has 0 aromatic heterocycles. The van der Waals surface area contributed by atoms with E-state index in [2.05, 4.69) is 15.9 Å². The van der Waals surface area contributed by atoms with Crippen molar-refractivity contribution in [3.05, 3.63) is 69.2 Å². The quantitative estimate of drug-likeness (QED) is 0.882. The van der Waals surface area contributed by atoms with Gasteiger partial charge in [0.15, 0.2) is 0 Å². The molecule has 0 saturated carbocycles. The number of aliphatic hydroxyl groups excluding tert-OH is 1. The zero-order chi connectivity index (χ0) is 13.0. The summed E-state index contributed by atoms with van der Waals surface area (Å²) < 4.78 is 1.03. The van der Waals surface area contributed by atoms with Crippen molar-refractivity contribution >= 4 is 27.5 Å². The van der Waals surface area contributed by atoms with Crippen LogP contribution in [-0.4, -0.2) is 11.7 Å². The Kier molecular flexibility index (Phi) is 4.81. The minimum Gasteiger partial charge on any atom is -0.396 e. The first kappa shape index (κ1) is 13.6. The highest BCUT2D eigenvalue weighted by molar-refractivity contribution is 9.10. The van der Waals surface area contributed by atoms with Crippen LogP contribution in [0.4, 0.5) is 0 Å². The van der Waals surface area contributed by atoms with Gasteiger partial charge in [-0.05, 0) is 41.8 Å². The van der Waals surface area contributed by atoms with Gasteiger partial charge in [-0.15, -0.1) is 0 Å². The summed E-state index contributed by atoms with van der Waals surface area (Å²) in [5.74, 6) is 0.0981. The molecule has 2 rings (SSSR count). The summed E-state index contributed by atoms with van der Waals surface area (Å²) in [6, 6.07) is 15.8. The standard InChI is InChI=1S/C15H14BrClO/c16-14-5-2-4-12(9-14)13(10-18)7-11-3-1-6-15(17)8-11/h1-6,8-9,13,18H,7,10H2. The van der Waals surface area contributed by atoms with Gasteiger partial charge in [0, 0.05) is 15.4 Å². The second-order valence-corrected chi connectivity index (χ2v) is 5.62. The molecule has 1 N–H and O–H groups in total. The third-order valence-electron chi connectivity index (χ3n) is 2.91. The lowest BCUT2D eigenvalue weighted by molar-refractivity contribution is 0.264. The lowest BCUT2D eigenvalue weighted by Gasteiger charge is -2.15. The number of rotatable bonds is 4. The maximum Gasteiger partial charge on any atom is 0.0502 e. The molecule has 2 aromatic carbocycles. The Morgan fingerprint density at radius 2 is 1.89 bits per heavy atom. The van der Waals surface area contributed by atoms with Crippen LogP contribution in [0, 0.1) is 0 Å². The summed E-state index contributed by atoms with van der Waals surface area (Å²) in [5, 5.41) is 10.3. The molecule has 0 amide bonds. The summed E-state index contributed by atoms with van der Waals surface area (Å²) in [6.45, 7) is 0.128. The van der Waals surface area contributed by atoms with Crippen LogP contribution in [0.3, 0.4) is 0 Å². The topological polar surface area (TPSA) is 20.2 Å². The molecule has 0 fully saturated rings. The van der Waals surface area contributed by atoms with Crippen LogP contribution >= 0.6 is 27.5 Å². The Morgan fingerprint density at radius 1 is 1.11 bits per heavy atom. The molecule has 18 heavy (non-hydrogen) atoms. The zero-order valence-corrected chi connectivity index (χ0v) is 12.2. The highest BCUT2D eigenvalue weighted by Gasteiger charge is 2.11. The highest BCUT2D eigenvalue weighted by Crippen LogP contribution is 2.24. The van der Waals surface area contributed by atoms with Gasteiger partial charge in [-0.2, -0.15) is 0 Å². The summed E-state index contributed by atoms with van der Waals surface area (Å²) in [4.78, 5) is 0. The molecule has 94 valence electrons. The Morgan fingerprint density at radius 3 is 2.56 bits per heavy atom. The second kappa shape index (κ2) is 6.37. The van der Waals surface area contributed by atoms with E-state index in [1.165, 1.54) is 0 Å². The fourth-order valence-electron chi connectivity index (χ4n) is 2.00. The van der Waals surface area contributed by atoms with Crippen LogP contribution in [0.2, 0.25) is 5.02 Å². The molecule has 0 bridgehead atoms. The first-order chi connectivity index (χ1) is 8.69. The summed E-state index contributed by atoms with van der Waals surface area (Å²) in [7, 11) is 0. The van der Waals surface area contributed by atoms with Crippen LogP contribution < -0.4 is 0 Å². The minimum atomic E-state index is 0.0981. The molecule has 3 heteroatoms. The zero-order valence-electron chi connectivity index (χ0n) is 9.81. The smallest absolute Gasteiger partial charge is 0.0502 e. The van der Waals surface area contributed by atoms with Gasteiger partial charge in [-0.25, -0.2) is 0 Å². The van der Waals surface area contributed by atoms with Crippen molar-refractivity contribution in [2.24, 2.45) is 0 Å². The molecule has 1 atom stereocenters. The first-order valence-electron chi connectivity index (χ1n) is 5.80. The summed E-state index contributed by atoms with van der Waals surface area (Å²) >= 11 is 9.43. The van der Waals surface area contributed by atoms with Crippen molar-refractivity contribution < 1.29 is 5.11 Å². The van der Waals surface area contributed by atoms with E-state index in [-0.39, 0.29) is 12.5 Å². The SMILES string of the molecule is OCC(Cc1cccc(Cl)c1)c1cccc(Br)c1. The van der Waals surface area contributed by atoms with E-state index >= 15 is 0 Å². The average Bonchev–Trinajstić information content (AvgIpc) is 2.36. The van der Waals surface area contributed by atoms with Crippen LogP contribution in [-0.2, 0) is 6.42 Å². The van der Waals surface area contributed by atoms with Crippen molar-refractivity contribution in [1.29, 1.82) is 0 Å². The molecule has 2 aromatic rings. The predicted octanol–water partition coefficient (Wildman–Crippen LogP) is 4.42. The van der Waals surface area contributed by atoms with E-state index in [1.54, 1.807) is 0 Å². The van der Waals surface area contributed by atoms with Gasteiger partial charge in [-0.3, -0.25) is 0 Å². The lowest BCUT2D eigenvalue weighted by Crippen LogP contribution is -2.07. The summed E-state index contributed by atoms with van der Waals surface area (Å²) in [5.41, 5.74) is 2.27. The van der Waals surface area contributed by atoms with Gasteiger partial charge in [-0.1, -0.05) is 51.8 Å². The van der Waals surface area contributed by atoms with E-state index in [0.717, 1.165) is 27.0 Å². The fraction of sp³-hybridized carbons (Fsp3) is 0.200. The Labute approximate surface area is 121 Å². The normalized spacial score (nSPS) is 12.4. The molecule has 0 saturated heterocycles. The van der Waals surface area contributed by atoms with Gasteiger partial charge in [0.05, 0.1) is 6.61 Å². The molecular weight excluding hydrogens is 312 g/mol. The number of halogens is 2. The Balaban J connectivity index is 2.19. The Hall–Kier alpha value is -0.830. The molecule has 0 aliphatic rings. The van der Waals surface area contributed by atoms with E-state index in [0.29, 0.717) is 0 Å². The van der Waals surface area contributed by atoms with Gasteiger partial charge in [0.2, 0.25) is 0 Å². The lowest BCUT2D eigenvalue weighted by atomic mass is 9.93. The van der Waals surface area contributed by atoms with Gasteiger partial charge in [0.25, 0.3) is 0 Å². The maximum atomic E-state index is 9.55. The summed E-state index contributed by atoms with van der Waals surface area (Å²) in [6.07, 6.45) is 0.785. The Bertz CT molecular complexity index is 527. The number of hydrogen-bond acceptors (Lipinski definition) is 1. The second-order valence-electron chi connectivity index (χ2n) is 4.27. The van der Waals surface area contributed by atoms with Crippen LogP contribution in [0.1, 0.15) is 17.0 Å². The number of hydrogen-bond donors (Lipinski definition) is 1. The van der Waals surface area contributed by atoms with Gasteiger partial charge in [0.1, 0.15) is 0 Å². The molecule has 0 aliphatic carbocycles. The number of benzene rings is 2. The average molecular weight is 326 g/mol. The first-order valence-corrected chi connectivity index (χ1v) is 6.97. The third-order valence-corrected chi connectivity index (χ3v) is 3.64. The van der Waals surface area contributed by atoms with Gasteiger partial charge >= 0.3 is 0 Å². The molecule has 0 radical (unpaired) electrons. The van der Waals surface area contributed by atoms with Crippen molar-refractivity contribution in [1.82, 2.24) is 0 Å². The van der Waals surface area contributed by atoms with Gasteiger partial charge < -0.3 is 5.11 Å². The largest absolute Gasteiger partial charge is 0.396 e. The molecule has 0 spiro atoms. The maximum absolute atomic E-state index is 9.55. The van der Waals surface area contributed by atoms with Crippen molar-refractivity contribution in [2.45, 2.75) is 12.3 Å². The molecule has 0 heterocycles. The van der Waals surface area contributed by atoms with Crippen LogP contribution in [0.15, 0.2) is 53.0 Å². The van der Waals surface area contributed by atoms with E-state index in [9.17, 15) is 5.11 Å². The fourth-order valence-corrected chi connectivity index (χ4v) is 2.63. The monoisotopic (exact) mass is 324 g/mol. The van der Waals surface area contributed by atoms with E-state index in [4.69, 9.17) is 11.6 Å².